The summed E-state index contributed by atoms with van der Waals surface area (Å²) in [7, 11) is 0. The summed E-state index contributed by atoms with van der Waals surface area (Å²) in [6.45, 7) is 6.00. The normalized spacial score (nSPS) is 22.6. The van der Waals surface area contributed by atoms with Crippen LogP contribution in [0.1, 0.15) is 0 Å². The summed E-state index contributed by atoms with van der Waals surface area (Å²) in [6, 6.07) is 0. The Morgan fingerprint density at radius 3 is 2.00 bits per heavy atom. The Morgan fingerprint density at radius 2 is 1.77 bits per heavy atom. The Balaban J connectivity index is 0.000000132. The molecule has 2 heterocycles. The van der Waals surface area contributed by atoms with Crippen LogP contribution in [0.2, 0.25) is 0 Å². The van der Waals surface area contributed by atoms with Crippen LogP contribution in [0.5, 0.6) is 0 Å². The van der Waals surface area contributed by atoms with E-state index in [2.05, 4.69) is 16.0 Å². The first-order valence-corrected chi connectivity index (χ1v) is 4.65. The second-order valence-electron chi connectivity index (χ2n) is 2.89. The van der Waals surface area contributed by atoms with Crippen molar-refractivity contribution < 1.29 is 9.53 Å². The Kier molecular flexibility index (Phi) is 5.47. The average molecular weight is 187 g/mol. The number of piperazine rings is 1. The lowest BCUT2D eigenvalue weighted by Crippen LogP contribution is -2.44. The van der Waals surface area contributed by atoms with Crippen LogP contribution in [0.15, 0.2) is 0 Å². The van der Waals surface area contributed by atoms with Crippen molar-refractivity contribution in [2.75, 3.05) is 45.9 Å². The van der Waals surface area contributed by atoms with E-state index >= 15 is 0 Å². The molecule has 0 aromatic heterocycles. The maximum absolute atomic E-state index is 10.3. The minimum atomic E-state index is 0.103. The van der Waals surface area contributed by atoms with Crippen molar-refractivity contribution in [1.29, 1.82) is 0 Å². The zero-order chi connectivity index (χ0) is 9.36. The molecule has 2 fully saturated rings. The van der Waals surface area contributed by atoms with Gasteiger partial charge in [-0.05, 0) is 0 Å². The molecule has 2 aliphatic heterocycles. The van der Waals surface area contributed by atoms with E-state index in [0.29, 0.717) is 6.54 Å². The zero-order valence-electron chi connectivity index (χ0n) is 7.77. The van der Waals surface area contributed by atoms with Crippen molar-refractivity contribution in [2.45, 2.75) is 0 Å². The van der Waals surface area contributed by atoms with Crippen molar-refractivity contribution in [3.63, 3.8) is 0 Å². The molecular weight excluding hydrogens is 170 g/mol. The highest BCUT2D eigenvalue weighted by Gasteiger charge is 2.02. The summed E-state index contributed by atoms with van der Waals surface area (Å²) < 4.78 is 5.01. The summed E-state index contributed by atoms with van der Waals surface area (Å²) >= 11 is 0. The monoisotopic (exact) mass is 187 g/mol. The molecule has 0 aliphatic carbocycles. The Hall–Kier alpha value is -0.650. The van der Waals surface area contributed by atoms with Gasteiger partial charge in [-0.2, -0.15) is 0 Å². The third kappa shape index (κ3) is 5.57. The highest BCUT2D eigenvalue weighted by molar-refractivity contribution is 5.78. The number of carbonyl (C=O) groups excluding carboxylic acids is 1. The second-order valence-corrected chi connectivity index (χ2v) is 2.89. The van der Waals surface area contributed by atoms with Crippen LogP contribution in [-0.4, -0.2) is 51.8 Å². The molecule has 2 aliphatic rings. The number of ether oxygens (including phenoxy) is 1. The first-order valence-electron chi connectivity index (χ1n) is 4.65. The van der Waals surface area contributed by atoms with Crippen LogP contribution in [-0.2, 0) is 9.53 Å². The molecule has 1 amide bonds. The van der Waals surface area contributed by atoms with E-state index in [0.717, 1.165) is 39.4 Å². The van der Waals surface area contributed by atoms with Gasteiger partial charge in [0, 0.05) is 26.2 Å². The van der Waals surface area contributed by atoms with Crippen molar-refractivity contribution >= 4 is 5.91 Å². The molecule has 5 heteroatoms. The largest absolute Gasteiger partial charge is 0.379 e. The molecule has 0 spiro atoms. The van der Waals surface area contributed by atoms with Gasteiger partial charge in [0.1, 0.15) is 0 Å². The molecule has 0 unspecified atom stereocenters. The average Bonchev–Trinajstić information content (AvgIpc) is 2.22. The Morgan fingerprint density at radius 1 is 1.00 bits per heavy atom. The fourth-order valence-corrected chi connectivity index (χ4v) is 1.07. The number of hydrogen-bond acceptors (Lipinski definition) is 4. The molecule has 0 bridgehead atoms. The topological polar surface area (TPSA) is 62.4 Å². The molecule has 3 N–H and O–H groups in total. The van der Waals surface area contributed by atoms with Gasteiger partial charge in [0.05, 0.1) is 19.8 Å². The maximum atomic E-state index is 10.3. The number of nitrogens with one attached hydrogen (secondary N) is 3. The molecule has 5 nitrogen and oxygen atoms in total. The van der Waals surface area contributed by atoms with Crippen molar-refractivity contribution in [3.05, 3.63) is 0 Å². The zero-order valence-corrected chi connectivity index (χ0v) is 7.77. The molecule has 76 valence electrons. The maximum Gasteiger partial charge on any atom is 0.234 e. The van der Waals surface area contributed by atoms with Crippen molar-refractivity contribution in [3.8, 4) is 0 Å². The van der Waals surface area contributed by atoms with Gasteiger partial charge in [-0.15, -0.1) is 0 Å². The smallest absolute Gasteiger partial charge is 0.234 e. The van der Waals surface area contributed by atoms with Crippen LogP contribution in [0, 0.1) is 0 Å². The van der Waals surface area contributed by atoms with E-state index in [1.54, 1.807) is 0 Å². The summed E-state index contributed by atoms with van der Waals surface area (Å²) in [6.07, 6.45) is 0. The molecule has 13 heavy (non-hydrogen) atoms. The minimum Gasteiger partial charge on any atom is -0.379 e. The lowest BCUT2D eigenvalue weighted by molar-refractivity contribution is -0.121. The predicted molar refractivity (Wildman–Crippen MR) is 49.6 cm³/mol. The SMILES string of the molecule is C1COCCN1.O=C1CNCCN1. The van der Waals surface area contributed by atoms with Crippen LogP contribution in [0.25, 0.3) is 0 Å². The van der Waals surface area contributed by atoms with Crippen LogP contribution in [0.3, 0.4) is 0 Å². The summed E-state index contributed by atoms with van der Waals surface area (Å²) in [4.78, 5) is 10.3. The lowest BCUT2D eigenvalue weighted by Gasteiger charge is -2.11. The fourth-order valence-electron chi connectivity index (χ4n) is 1.07. The number of morpholine rings is 1. The van der Waals surface area contributed by atoms with Gasteiger partial charge in [-0.1, -0.05) is 0 Å². The summed E-state index contributed by atoms with van der Waals surface area (Å²) in [5, 5.41) is 8.76. The van der Waals surface area contributed by atoms with E-state index in [1.165, 1.54) is 0 Å². The Bertz CT molecular complexity index is 129. The first kappa shape index (κ1) is 10.4. The van der Waals surface area contributed by atoms with Gasteiger partial charge in [-0.3, -0.25) is 4.79 Å². The van der Waals surface area contributed by atoms with Gasteiger partial charge >= 0.3 is 0 Å². The predicted octanol–water partition coefficient (Wildman–Crippen LogP) is -1.69. The van der Waals surface area contributed by atoms with Crippen LogP contribution in [0.4, 0.5) is 0 Å². The highest BCUT2D eigenvalue weighted by Crippen LogP contribution is 1.76. The summed E-state index contributed by atoms with van der Waals surface area (Å²) in [5.41, 5.74) is 0. The lowest BCUT2D eigenvalue weighted by atomic mass is 10.4. The van der Waals surface area contributed by atoms with Gasteiger partial charge < -0.3 is 20.7 Å². The molecule has 2 rings (SSSR count). The van der Waals surface area contributed by atoms with E-state index in [9.17, 15) is 4.79 Å². The number of hydrogen-bond donors (Lipinski definition) is 3. The van der Waals surface area contributed by atoms with Gasteiger partial charge in [0.2, 0.25) is 5.91 Å². The van der Waals surface area contributed by atoms with Crippen molar-refractivity contribution in [2.24, 2.45) is 0 Å². The highest BCUT2D eigenvalue weighted by atomic mass is 16.5. The number of rotatable bonds is 0. The third-order valence-electron chi connectivity index (χ3n) is 1.76. The van der Waals surface area contributed by atoms with E-state index in [4.69, 9.17) is 4.74 Å². The minimum absolute atomic E-state index is 0.103. The van der Waals surface area contributed by atoms with Crippen molar-refractivity contribution in [1.82, 2.24) is 16.0 Å². The molecule has 0 aromatic rings. The molecule has 0 radical (unpaired) electrons. The molecular formula is C8H17N3O2. The van der Waals surface area contributed by atoms with E-state index in [1.807, 2.05) is 0 Å². The van der Waals surface area contributed by atoms with Gasteiger partial charge in [0.15, 0.2) is 0 Å². The van der Waals surface area contributed by atoms with E-state index < -0.39 is 0 Å². The van der Waals surface area contributed by atoms with E-state index in [-0.39, 0.29) is 5.91 Å². The molecule has 0 atom stereocenters. The molecule has 0 saturated carbocycles. The molecule has 0 aromatic carbocycles. The van der Waals surface area contributed by atoms with Crippen LogP contribution < -0.4 is 16.0 Å². The van der Waals surface area contributed by atoms with Gasteiger partial charge in [0.25, 0.3) is 0 Å². The van der Waals surface area contributed by atoms with Gasteiger partial charge in [-0.25, -0.2) is 0 Å². The molecule has 2 saturated heterocycles. The Labute approximate surface area is 78.2 Å². The number of carbonyl (C=O) groups is 1. The number of amides is 1. The third-order valence-corrected chi connectivity index (χ3v) is 1.76. The first-order chi connectivity index (χ1) is 6.39. The fraction of sp³-hybridized carbons (Fsp3) is 0.875. The standard InChI is InChI=1S/C4H8N2O.C4H9NO/c7-4-3-5-1-2-6-4;1-3-6-4-2-5-1/h5H,1-3H2,(H,6,7);5H,1-4H2. The summed E-state index contributed by atoms with van der Waals surface area (Å²) in [5.74, 6) is 0.103. The second kappa shape index (κ2) is 6.82. The quantitative estimate of drug-likeness (QED) is 0.423. The van der Waals surface area contributed by atoms with Crippen LogP contribution >= 0.6 is 0 Å².